The molecular formula is C11H14N4S. The largest absolute Gasteiger partial charge is 0.365 e. The molecule has 0 saturated heterocycles. The van der Waals surface area contributed by atoms with Crippen molar-refractivity contribution >= 4 is 17.2 Å². The van der Waals surface area contributed by atoms with Crippen molar-refractivity contribution in [2.24, 2.45) is 0 Å². The van der Waals surface area contributed by atoms with E-state index in [2.05, 4.69) is 20.3 Å². The SMILES string of the molecule is Cc1cc(NCc2scnc2C)nc(C)n1. The van der Waals surface area contributed by atoms with Crippen LogP contribution in [0.25, 0.3) is 0 Å². The third kappa shape index (κ3) is 2.55. The van der Waals surface area contributed by atoms with Crippen LogP contribution in [-0.4, -0.2) is 15.0 Å². The minimum absolute atomic E-state index is 0.770. The van der Waals surface area contributed by atoms with Crippen LogP contribution >= 0.6 is 11.3 Å². The molecule has 0 aromatic carbocycles. The van der Waals surface area contributed by atoms with Crippen LogP contribution in [0, 0.1) is 20.8 Å². The van der Waals surface area contributed by atoms with E-state index >= 15 is 0 Å². The average molecular weight is 234 g/mol. The predicted molar refractivity (Wildman–Crippen MR) is 65.7 cm³/mol. The van der Waals surface area contributed by atoms with E-state index in [1.54, 1.807) is 11.3 Å². The van der Waals surface area contributed by atoms with Crippen LogP contribution in [0.4, 0.5) is 5.82 Å². The molecule has 0 amide bonds. The second-order valence-electron chi connectivity index (χ2n) is 3.66. The molecule has 2 rings (SSSR count). The van der Waals surface area contributed by atoms with Crippen LogP contribution in [0.15, 0.2) is 11.6 Å². The minimum atomic E-state index is 0.770. The van der Waals surface area contributed by atoms with Gasteiger partial charge in [-0.05, 0) is 20.8 Å². The highest BCUT2D eigenvalue weighted by Gasteiger charge is 2.02. The highest BCUT2D eigenvalue weighted by Crippen LogP contribution is 2.14. The molecule has 1 N–H and O–H groups in total. The first kappa shape index (κ1) is 11.0. The smallest absolute Gasteiger partial charge is 0.130 e. The Balaban J connectivity index is 2.07. The Labute approximate surface area is 98.8 Å². The monoisotopic (exact) mass is 234 g/mol. The lowest BCUT2D eigenvalue weighted by molar-refractivity contribution is 0.992. The van der Waals surface area contributed by atoms with Crippen molar-refractivity contribution in [2.75, 3.05) is 5.32 Å². The Kier molecular flexibility index (Phi) is 3.14. The van der Waals surface area contributed by atoms with Crippen LogP contribution in [0.2, 0.25) is 0 Å². The third-order valence-electron chi connectivity index (χ3n) is 2.24. The van der Waals surface area contributed by atoms with Crippen molar-refractivity contribution in [3.05, 3.63) is 33.7 Å². The molecule has 5 heteroatoms. The van der Waals surface area contributed by atoms with Crippen molar-refractivity contribution in [3.8, 4) is 0 Å². The summed E-state index contributed by atoms with van der Waals surface area (Å²) in [6.45, 7) is 6.66. The normalized spacial score (nSPS) is 10.4. The molecule has 0 aliphatic rings. The lowest BCUT2D eigenvalue weighted by atomic mass is 10.3. The number of rotatable bonds is 3. The topological polar surface area (TPSA) is 50.7 Å². The number of hydrogen-bond acceptors (Lipinski definition) is 5. The Morgan fingerprint density at radius 2 is 2.06 bits per heavy atom. The summed E-state index contributed by atoms with van der Waals surface area (Å²) in [4.78, 5) is 14.0. The molecule has 16 heavy (non-hydrogen) atoms. The van der Waals surface area contributed by atoms with Gasteiger partial charge in [0.05, 0.1) is 17.7 Å². The quantitative estimate of drug-likeness (QED) is 0.886. The standard InChI is InChI=1S/C11H14N4S/c1-7-4-11(15-9(3)14-7)12-5-10-8(2)13-6-16-10/h4,6H,5H2,1-3H3,(H,12,14,15). The third-order valence-corrected chi connectivity index (χ3v) is 3.18. The fourth-order valence-corrected chi connectivity index (χ4v) is 2.19. The molecule has 0 atom stereocenters. The molecule has 0 fully saturated rings. The van der Waals surface area contributed by atoms with Gasteiger partial charge in [0.25, 0.3) is 0 Å². The molecule has 0 aliphatic heterocycles. The first-order valence-corrected chi connectivity index (χ1v) is 5.98. The highest BCUT2D eigenvalue weighted by atomic mass is 32.1. The van der Waals surface area contributed by atoms with Gasteiger partial charge < -0.3 is 5.32 Å². The van der Waals surface area contributed by atoms with Gasteiger partial charge in [0.1, 0.15) is 11.6 Å². The maximum atomic E-state index is 4.33. The lowest BCUT2D eigenvalue weighted by Crippen LogP contribution is -2.03. The summed E-state index contributed by atoms with van der Waals surface area (Å²) in [6.07, 6.45) is 0. The van der Waals surface area contributed by atoms with E-state index in [4.69, 9.17) is 0 Å². The van der Waals surface area contributed by atoms with Crippen molar-refractivity contribution < 1.29 is 0 Å². The van der Waals surface area contributed by atoms with Crippen LogP contribution < -0.4 is 5.32 Å². The number of nitrogens with zero attached hydrogens (tertiary/aromatic N) is 3. The van der Waals surface area contributed by atoms with Crippen molar-refractivity contribution in [2.45, 2.75) is 27.3 Å². The molecular weight excluding hydrogens is 220 g/mol. The van der Waals surface area contributed by atoms with Crippen LogP contribution in [0.5, 0.6) is 0 Å². The van der Waals surface area contributed by atoms with Crippen molar-refractivity contribution in [1.29, 1.82) is 0 Å². The molecule has 0 unspecified atom stereocenters. The number of thiazole rings is 1. The molecule has 0 spiro atoms. The van der Waals surface area contributed by atoms with Gasteiger partial charge >= 0.3 is 0 Å². The molecule has 2 aromatic rings. The molecule has 0 aliphatic carbocycles. The van der Waals surface area contributed by atoms with Gasteiger partial charge in [-0.25, -0.2) is 15.0 Å². The van der Waals surface area contributed by atoms with E-state index < -0.39 is 0 Å². The molecule has 84 valence electrons. The van der Waals surface area contributed by atoms with Gasteiger partial charge in [-0.3, -0.25) is 0 Å². The molecule has 0 radical (unpaired) electrons. The van der Waals surface area contributed by atoms with E-state index in [9.17, 15) is 0 Å². The highest BCUT2D eigenvalue weighted by molar-refractivity contribution is 7.09. The second kappa shape index (κ2) is 4.57. The van der Waals surface area contributed by atoms with Gasteiger partial charge in [0.15, 0.2) is 0 Å². The molecule has 4 nitrogen and oxygen atoms in total. The Morgan fingerprint density at radius 3 is 2.69 bits per heavy atom. The maximum Gasteiger partial charge on any atom is 0.130 e. The second-order valence-corrected chi connectivity index (χ2v) is 4.60. The summed E-state index contributed by atoms with van der Waals surface area (Å²) in [5.41, 5.74) is 3.93. The number of anilines is 1. The van der Waals surface area contributed by atoms with Crippen LogP contribution in [-0.2, 0) is 6.54 Å². The van der Waals surface area contributed by atoms with Crippen molar-refractivity contribution in [1.82, 2.24) is 15.0 Å². The minimum Gasteiger partial charge on any atom is -0.365 e. The summed E-state index contributed by atoms with van der Waals surface area (Å²) in [5, 5.41) is 3.29. The maximum absolute atomic E-state index is 4.33. The number of aromatic nitrogens is 3. The Bertz CT molecular complexity index is 472. The van der Waals surface area contributed by atoms with E-state index in [1.807, 2.05) is 32.3 Å². The molecule has 2 aromatic heterocycles. The van der Waals surface area contributed by atoms with Crippen molar-refractivity contribution in [3.63, 3.8) is 0 Å². The molecule has 0 bridgehead atoms. The van der Waals surface area contributed by atoms with Gasteiger partial charge in [-0.2, -0.15) is 0 Å². The zero-order valence-corrected chi connectivity index (χ0v) is 10.4. The van der Waals surface area contributed by atoms with Gasteiger partial charge in [-0.15, -0.1) is 11.3 Å². The fraction of sp³-hybridized carbons (Fsp3) is 0.364. The summed E-state index contributed by atoms with van der Waals surface area (Å²) < 4.78 is 0. The fourth-order valence-electron chi connectivity index (χ4n) is 1.47. The summed E-state index contributed by atoms with van der Waals surface area (Å²) in [6, 6.07) is 1.95. The molecule has 0 saturated carbocycles. The van der Waals surface area contributed by atoms with Gasteiger partial charge in [-0.1, -0.05) is 0 Å². The lowest BCUT2D eigenvalue weighted by Gasteiger charge is -2.06. The van der Waals surface area contributed by atoms with Crippen LogP contribution in [0.1, 0.15) is 22.1 Å². The van der Waals surface area contributed by atoms with E-state index in [0.717, 1.165) is 29.6 Å². The van der Waals surface area contributed by atoms with E-state index in [1.165, 1.54) is 4.88 Å². The zero-order valence-electron chi connectivity index (χ0n) is 9.61. The predicted octanol–water partition coefficient (Wildman–Crippen LogP) is 2.47. The number of nitrogens with one attached hydrogen (secondary N) is 1. The van der Waals surface area contributed by atoms with E-state index in [0.29, 0.717) is 0 Å². The number of aryl methyl sites for hydroxylation is 3. The summed E-state index contributed by atoms with van der Waals surface area (Å²) >= 11 is 1.66. The first-order valence-electron chi connectivity index (χ1n) is 5.10. The average Bonchev–Trinajstić information content (AvgIpc) is 2.59. The Morgan fingerprint density at radius 1 is 1.25 bits per heavy atom. The summed E-state index contributed by atoms with van der Waals surface area (Å²) in [5.74, 6) is 1.67. The zero-order chi connectivity index (χ0) is 11.5. The van der Waals surface area contributed by atoms with Gasteiger partial charge in [0.2, 0.25) is 0 Å². The van der Waals surface area contributed by atoms with Crippen LogP contribution in [0.3, 0.4) is 0 Å². The summed E-state index contributed by atoms with van der Waals surface area (Å²) in [7, 11) is 0. The van der Waals surface area contributed by atoms with Gasteiger partial charge in [0, 0.05) is 16.6 Å². The number of hydrogen-bond donors (Lipinski definition) is 1. The van der Waals surface area contributed by atoms with E-state index in [-0.39, 0.29) is 0 Å². The Hall–Kier alpha value is -1.49. The first-order chi connectivity index (χ1) is 7.65. The molecule has 2 heterocycles.